The van der Waals surface area contributed by atoms with Crippen molar-refractivity contribution in [2.24, 2.45) is 0 Å². The van der Waals surface area contributed by atoms with Gasteiger partial charge in [-0.25, -0.2) is 4.79 Å². The van der Waals surface area contributed by atoms with E-state index in [1.807, 2.05) is 49.3 Å². The molecule has 6 heteroatoms. The largest absolute Gasteiger partial charge is 0.506 e. The number of nitrogens with one attached hydrogen (secondary N) is 1. The van der Waals surface area contributed by atoms with E-state index in [-0.39, 0.29) is 0 Å². The summed E-state index contributed by atoms with van der Waals surface area (Å²) in [5.74, 6) is -1.92. The molecule has 0 amide bonds. The quantitative estimate of drug-likeness (QED) is 0.670. The van der Waals surface area contributed by atoms with Gasteiger partial charge in [0.1, 0.15) is 5.75 Å². The maximum atomic E-state index is 12.1. The van der Waals surface area contributed by atoms with Crippen LogP contribution in [0, 0.1) is 0 Å². The Labute approximate surface area is 150 Å². The molecule has 1 heterocycles. The van der Waals surface area contributed by atoms with Gasteiger partial charge in [0.05, 0.1) is 5.69 Å². The van der Waals surface area contributed by atoms with E-state index in [4.69, 9.17) is 5.11 Å². The fourth-order valence-corrected chi connectivity index (χ4v) is 3.08. The predicted molar refractivity (Wildman–Crippen MR) is 102 cm³/mol. The maximum absolute atomic E-state index is 12.1. The van der Waals surface area contributed by atoms with Crippen LogP contribution < -0.4 is 10.5 Å². The van der Waals surface area contributed by atoms with Gasteiger partial charge in [-0.15, -0.1) is 0 Å². The van der Waals surface area contributed by atoms with Crippen LogP contribution in [0.3, 0.4) is 0 Å². The molecule has 3 aromatic rings. The molecule has 0 aliphatic carbocycles. The summed E-state index contributed by atoms with van der Waals surface area (Å²) in [6.45, 7) is 1.80. The molecule has 26 heavy (non-hydrogen) atoms. The minimum atomic E-state index is -1.44. The average molecular weight is 352 g/mol. The number of carbonyl (C=O) groups is 1. The van der Waals surface area contributed by atoms with E-state index in [0.29, 0.717) is 17.7 Å². The van der Waals surface area contributed by atoms with Crippen LogP contribution in [0.5, 0.6) is 5.75 Å². The van der Waals surface area contributed by atoms with Crippen molar-refractivity contribution in [2.45, 2.75) is 13.3 Å². The fraction of sp³-hybridized carbons (Fsp3) is 0.200. The first-order valence-electron chi connectivity index (χ1n) is 8.26. The van der Waals surface area contributed by atoms with Crippen molar-refractivity contribution < 1.29 is 15.0 Å². The van der Waals surface area contributed by atoms with Crippen molar-refractivity contribution in [1.82, 2.24) is 4.98 Å². The number of benzene rings is 2. The Bertz CT molecular complexity index is 1070. The number of aromatic amines is 1. The van der Waals surface area contributed by atoms with Gasteiger partial charge < -0.3 is 20.1 Å². The second kappa shape index (κ2) is 6.55. The number of H-pyrrole nitrogens is 1. The summed E-state index contributed by atoms with van der Waals surface area (Å²) in [6.07, 6.45) is 0.385. The third-order valence-electron chi connectivity index (χ3n) is 4.49. The Morgan fingerprint density at radius 3 is 2.38 bits per heavy atom. The summed E-state index contributed by atoms with van der Waals surface area (Å²) >= 11 is 0. The van der Waals surface area contributed by atoms with Gasteiger partial charge >= 0.3 is 5.97 Å². The number of nitrogens with zero attached hydrogens (tertiary/aromatic N) is 1. The first-order chi connectivity index (χ1) is 12.3. The van der Waals surface area contributed by atoms with Crippen molar-refractivity contribution in [1.29, 1.82) is 0 Å². The number of hydrogen-bond donors (Lipinski definition) is 3. The molecule has 1 aromatic heterocycles. The molecule has 6 nitrogen and oxygen atoms in total. The zero-order valence-corrected chi connectivity index (χ0v) is 14.8. The summed E-state index contributed by atoms with van der Waals surface area (Å²) in [5.41, 5.74) is 1.21. The molecule has 0 spiro atoms. The summed E-state index contributed by atoms with van der Waals surface area (Å²) in [6, 6.07) is 11.8. The average Bonchev–Trinajstić information content (AvgIpc) is 2.60. The molecular weight excluding hydrogens is 332 g/mol. The monoisotopic (exact) mass is 352 g/mol. The number of carboxylic acid groups (broad SMARTS) is 1. The van der Waals surface area contributed by atoms with Crippen LogP contribution in [-0.4, -0.2) is 35.3 Å². The topological polar surface area (TPSA) is 93.6 Å². The van der Waals surface area contributed by atoms with Crippen LogP contribution in [0.4, 0.5) is 5.69 Å². The van der Waals surface area contributed by atoms with E-state index in [9.17, 15) is 14.7 Å². The lowest BCUT2D eigenvalue weighted by atomic mass is 9.98. The van der Waals surface area contributed by atoms with Crippen LogP contribution in [0.1, 0.15) is 22.8 Å². The van der Waals surface area contributed by atoms with Gasteiger partial charge in [0.15, 0.2) is 5.56 Å². The van der Waals surface area contributed by atoms with E-state index in [1.165, 1.54) is 0 Å². The normalized spacial score (nSPS) is 10.9. The molecule has 0 unspecified atom stereocenters. The predicted octanol–water partition coefficient (Wildman–Crippen LogP) is 3.23. The Hall–Kier alpha value is -3.28. The second-order valence-corrected chi connectivity index (χ2v) is 6.33. The first kappa shape index (κ1) is 17.5. The Morgan fingerprint density at radius 2 is 1.77 bits per heavy atom. The van der Waals surface area contributed by atoms with Crippen molar-refractivity contribution in [2.75, 3.05) is 19.0 Å². The number of hydrogen-bond acceptors (Lipinski definition) is 4. The highest BCUT2D eigenvalue weighted by atomic mass is 16.4. The van der Waals surface area contributed by atoms with Gasteiger partial charge in [0.25, 0.3) is 5.56 Å². The molecule has 134 valence electrons. The molecule has 0 aliphatic rings. The van der Waals surface area contributed by atoms with Crippen molar-refractivity contribution >= 4 is 22.4 Å². The molecule has 0 saturated carbocycles. The van der Waals surface area contributed by atoms with Gasteiger partial charge in [-0.05, 0) is 41.0 Å². The highest BCUT2D eigenvalue weighted by Crippen LogP contribution is 2.32. The summed E-state index contributed by atoms with van der Waals surface area (Å²) < 4.78 is 0. The number of aromatic nitrogens is 1. The molecule has 0 radical (unpaired) electrons. The summed E-state index contributed by atoms with van der Waals surface area (Å²) in [4.78, 5) is 28.0. The zero-order chi connectivity index (χ0) is 19.0. The Kier molecular flexibility index (Phi) is 4.42. The number of aromatic carboxylic acids is 1. The molecule has 2 aromatic carbocycles. The third kappa shape index (κ3) is 2.90. The lowest BCUT2D eigenvalue weighted by Gasteiger charge is -2.15. The number of pyridine rings is 1. The SMILES string of the molecule is CCc1c(-c2ccc3cc(N(C)C)ccc3c2)[nH]c(=O)c(C(=O)O)c1O. The molecule has 0 saturated heterocycles. The lowest BCUT2D eigenvalue weighted by Crippen LogP contribution is -2.20. The summed E-state index contributed by atoms with van der Waals surface area (Å²) in [7, 11) is 3.95. The van der Waals surface area contributed by atoms with E-state index < -0.39 is 22.8 Å². The van der Waals surface area contributed by atoms with Crippen LogP contribution in [0.2, 0.25) is 0 Å². The standard InChI is InChI=1S/C20H20N2O4/c1-4-15-17(21-19(24)16(18(15)23)20(25)26)13-6-5-12-10-14(22(2)3)8-7-11(12)9-13/h5-10H,4H2,1-3H3,(H,25,26)(H2,21,23,24). The Morgan fingerprint density at radius 1 is 1.12 bits per heavy atom. The van der Waals surface area contributed by atoms with Crippen LogP contribution in [-0.2, 0) is 6.42 Å². The van der Waals surface area contributed by atoms with Crippen molar-refractivity contribution in [3.8, 4) is 17.0 Å². The molecule has 3 N–H and O–H groups in total. The first-order valence-corrected chi connectivity index (χ1v) is 8.26. The Balaban J connectivity index is 2.21. The number of carboxylic acids is 1. The van der Waals surface area contributed by atoms with E-state index in [1.54, 1.807) is 6.92 Å². The van der Waals surface area contributed by atoms with E-state index >= 15 is 0 Å². The summed E-state index contributed by atoms with van der Waals surface area (Å²) in [5, 5.41) is 21.5. The van der Waals surface area contributed by atoms with Gasteiger partial charge in [-0.1, -0.05) is 25.1 Å². The molecule has 0 bridgehead atoms. The number of rotatable bonds is 4. The fourth-order valence-electron chi connectivity index (χ4n) is 3.08. The molecule has 3 rings (SSSR count). The minimum absolute atomic E-state index is 0.385. The molecule has 0 fully saturated rings. The number of anilines is 1. The van der Waals surface area contributed by atoms with Crippen LogP contribution in [0.25, 0.3) is 22.0 Å². The molecule has 0 atom stereocenters. The smallest absolute Gasteiger partial charge is 0.345 e. The third-order valence-corrected chi connectivity index (χ3v) is 4.49. The minimum Gasteiger partial charge on any atom is -0.506 e. The highest BCUT2D eigenvalue weighted by molar-refractivity contribution is 5.93. The molecular formula is C20H20N2O4. The number of fused-ring (bicyclic) bond motifs is 1. The zero-order valence-electron chi connectivity index (χ0n) is 14.8. The number of aromatic hydroxyl groups is 1. The van der Waals surface area contributed by atoms with Crippen LogP contribution >= 0.6 is 0 Å². The maximum Gasteiger partial charge on any atom is 0.345 e. The van der Waals surface area contributed by atoms with Crippen LogP contribution in [0.15, 0.2) is 41.2 Å². The molecule has 0 aliphatic heterocycles. The van der Waals surface area contributed by atoms with Gasteiger partial charge in [0, 0.05) is 25.3 Å². The lowest BCUT2D eigenvalue weighted by molar-refractivity contribution is 0.0691. The highest BCUT2D eigenvalue weighted by Gasteiger charge is 2.21. The van der Waals surface area contributed by atoms with Gasteiger partial charge in [-0.2, -0.15) is 0 Å². The van der Waals surface area contributed by atoms with E-state index in [2.05, 4.69) is 11.1 Å². The van der Waals surface area contributed by atoms with Crippen molar-refractivity contribution in [3.63, 3.8) is 0 Å². The van der Waals surface area contributed by atoms with Gasteiger partial charge in [-0.3, -0.25) is 4.79 Å². The van der Waals surface area contributed by atoms with Gasteiger partial charge in [0.2, 0.25) is 0 Å². The van der Waals surface area contributed by atoms with E-state index in [0.717, 1.165) is 22.0 Å². The second-order valence-electron chi connectivity index (χ2n) is 6.33. The van der Waals surface area contributed by atoms with Crippen molar-refractivity contribution in [3.05, 3.63) is 57.9 Å².